The van der Waals surface area contributed by atoms with Crippen LogP contribution in [-0.2, 0) is 0 Å². The number of rotatable bonds is 6. The Morgan fingerprint density at radius 1 is 1.30 bits per heavy atom. The molecule has 1 aromatic heterocycles. The Kier molecular flexibility index (Phi) is 4.11. The average molecular weight is 270 g/mol. The summed E-state index contributed by atoms with van der Waals surface area (Å²) in [4.78, 5) is 0. The van der Waals surface area contributed by atoms with Gasteiger partial charge in [-0.3, -0.25) is 0 Å². The molecule has 0 aliphatic heterocycles. The van der Waals surface area contributed by atoms with Gasteiger partial charge in [0.05, 0.1) is 12.2 Å². The molecular formula is C16H22N4. The van der Waals surface area contributed by atoms with Crippen molar-refractivity contribution in [2.45, 2.75) is 44.6 Å². The summed E-state index contributed by atoms with van der Waals surface area (Å²) in [6.07, 6.45) is 6.98. The second-order valence-electron chi connectivity index (χ2n) is 5.58. The summed E-state index contributed by atoms with van der Waals surface area (Å²) >= 11 is 0. The minimum absolute atomic E-state index is 0.129. The molecule has 1 heterocycles. The highest BCUT2D eigenvalue weighted by Gasteiger charge is 2.20. The lowest BCUT2D eigenvalue weighted by atomic mass is 9.80. The normalized spacial score (nSPS) is 16.9. The topological polar surface area (TPSA) is 53.6 Å². The van der Waals surface area contributed by atoms with Gasteiger partial charge in [-0.25, -0.2) is 0 Å². The number of hydrogen-bond acceptors (Lipinski definition) is 3. The molecule has 2 N–H and O–H groups in total. The molecule has 1 atom stereocenters. The molecule has 4 heteroatoms. The van der Waals surface area contributed by atoms with Gasteiger partial charge in [-0.2, -0.15) is 15.4 Å². The van der Waals surface area contributed by atoms with Gasteiger partial charge < -0.3 is 5.32 Å². The first-order valence-electron chi connectivity index (χ1n) is 7.57. The molecule has 1 aromatic carbocycles. The van der Waals surface area contributed by atoms with E-state index >= 15 is 0 Å². The molecular weight excluding hydrogens is 248 g/mol. The third-order valence-corrected chi connectivity index (χ3v) is 4.17. The Balaban J connectivity index is 1.79. The Labute approximate surface area is 120 Å². The van der Waals surface area contributed by atoms with Gasteiger partial charge in [0.25, 0.3) is 0 Å². The van der Waals surface area contributed by atoms with E-state index in [-0.39, 0.29) is 6.04 Å². The molecule has 20 heavy (non-hydrogen) atoms. The number of nitrogens with zero attached hydrogens (tertiary/aromatic N) is 2. The van der Waals surface area contributed by atoms with Crippen LogP contribution in [0, 0.1) is 0 Å². The lowest BCUT2D eigenvalue weighted by Gasteiger charge is -2.26. The lowest BCUT2D eigenvalue weighted by Crippen LogP contribution is -2.23. The van der Waals surface area contributed by atoms with Gasteiger partial charge >= 0.3 is 0 Å². The molecule has 106 valence electrons. The first-order valence-corrected chi connectivity index (χ1v) is 7.57. The van der Waals surface area contributed by atoms with E-state index in [1.165, 1.54) is 30.4 Å². The van der Waals surface area contributed by atoms with Crippen molar-refractivity contribution in [3.05, 3.63) is 47.3 Å². The van der Waals surface area contributed by atoms with Crippen LogP contribution in [0.2, 0.25) is 0 Å². The summed E-state index contributed by atoms with van der Waals surface area (Å²) in [5.41, 5.74) is 3.69. The van der Waals surface area contributed by atoms with Crippen molar-refractivity contribution in [2.24, 2.45) is 0 Å². The third kappa shape index (κ3) is 2.75. The van der Waals surface area contributed by atoms with Crippen LogP contribution in [0.3, 0.4) is 0 Å². The Bertz CT molecular complexity index is 514. The maximum Gasteiger partial charge on any atom is 0.104 e. The van der Waals surface area contributed by atoms with E-state index < -0.39 is 0 Å². The number of hydrogen-bond donors (Lipinski definition) is 2. The van der Waals surface area contributed by atoms with Gasteiger partial charge in [-0.15, -0.1) is 0 Å². The van der Waals surface area contributed by atoms with Crippen molar-refractivity contribution in [1.82, 2.24) is 20.7 Å². The van der Waals surface area contributed by atoms with Crippen LogP contribution in [-0.4, -0.2) is 22.0 Å². The van der Waals surface area contributed by atoms with Crippen molar-refractivity contribution in [1.29, 1.82) is 0 Å². The average Bonchev–Trinajstić information content (AvgIpc) is 2.93. The minimum Gasteiger partial charge on any atom is -0.305 e. The van der Waals surface area contributed by atoms with Crippen LogP contribution >= 0.6 is 0 Å². The van der Waals surface area contributed by atoms with E-state index in [9.17, 15) is 0 Å². The number of aromatic nitrogens is 3. The standard InChI is InChI=1S/C16H22N4/c1-2-10-17-16(15-11-18-20-19-15)14-8-6-13(7-9-14)12-4-3-5-12/h6-9,11-12,16-17H,2-5,10H2,1H3,(H,18,19,20). The minimum atomic E-state index is 0.129. The molecule has 3 rings (SSSR count). The fraction of sp³-hybridized carbons (Fsp3) is 0.500. The van der Waals surface area contributed by atoms with E-state index in [2.05, 4.69) is 51.9 Å². The summed E-state index contributed by atoms with van der Waals surface area (Å²) in [5, 5.41) is 14.4. The first kappa shape index (κ1) is 13.3. The molecule has 0 amide bonds. The van der Waals surface area contributed by atoms with Gasteiger partial charge in [0.15, 0.2) is 0 Å². The summed E-state index contributed by atoms with van der Waals surface area (Å²) in [6, 6.07) is 9.15. The SMILES string of the molecule is CCCNC(c1ccc(C2CCC2)cc1)c1cn[nH]n1. The zero-order valence-electron chi connectivity index (χ0n) is 12.0. The fourth-order valence-corrected chi connectivity index (χ4v) is 2.73. The van der Waals surface area contributed by atoms with E-state index in [4.69, 9.17) is 0 Å². The van der Waals surface area contributed by atoms with Crippen LogP contribution in [0.5, 0.6) is 0 Å². The molecule has 0 saturated heterocycles. The predicted molar refractivity (Wildman–Crippen MR) is 79.6 cm³/mol. The van der Waals surface area contributed by atoms with Gasteiger partial charge in [0.2, 0.25) is 0 Å². The molecule has 2 aromatic rings. The van der Waals surface area contributed by atoms with Gasteiger partial charge in [0.1, 0.15) is 5.69 Å². The molecule has 1 aliphatic carbocycles. The van der Waals surface area contributed by atoms with E-state index in [1.54, 1.807) is 6.20 Å². The van der Waals surface area contributed by atoms with E-state index in [1.807, 2.05) is 0 Å². The van der Waals surface area contributed by atoms with Crippen LogP contribution in [0.25, 0.3) is 0 Å². The maximum atomic E-state index is 4.23. The monoisotopic (exact) mass is 270 g/mol. The summed E-state index contributed by atoms with van der Waals surface area (Å²) in [6.45, 7) is 3.15. The van der Waals surface area contributed by atoms with Crippen molar-refractivity contribution in [3.63, 3.8) is 0 Å². The summed E-state index contributed by atoms with van der Waals surface area (Å²) in [7, 11) is 0. The molecule has 1 fully saturated rings. The van der Waals surface area contributed by atoms with Gasteiger partial charge in [-0.05, 0) is 42.9 Å². The number of aromatic amines is 1. The molecule has 4 nitrogen and oxygen atoms in total. The Hall–Kier alpha value is -1.68. The van der Waals surface area contributed by atoms with Crippen LogP contribution in [0.1, 0.15) is 61.4 Å². The molecule has 0 radical (unpaired) electrons. The van der Waals surface area contributed by atoms with E-state index in [0.29, 0.717) is 0 Å². The maximum absolute atomic E-state index is 4.23. The van der Waals surface area contributed by atoms with Crippen molar-refractivity contribution in [3.8, 4) is 0 Å². The molecule has 0 bridgehead atoms. The van der Waals surface area contributed by atoms with Crippen LogP contribution < -0.4 is 5.32 Å². The third-order valence-electron chi connectivity index (χ3n) is 4.17. The number of nitrogens with one attached hydrogen (secondary N) is 2. The Morgan fingerprint density at radius 2 is 2.10 bits per heavy atom. The largest absolute Gasteiger partial charge is 0.305 e. The highest BCUT2D eigenvalue weighted by Crippen LogP contribution is 2.36. The van der Waals surface area contributed by atoms with E-state index in [0.717, 1.165) is 24.6 Å². The number of benzene rings is 1. The zero-order valence-corrected chi connectivity index (χ0v) is 12.0. The Morgan fingerprint density at radius 3 is 2.65 bits per heavy atom. The van der Waals surface area contributed by atoms with Crippen molar-refractivity contribution < 1.29 is 0 Å². The fourth-order valence-electron chi connectivity index (χ4n) is 2.73. The first-order chi connectivity index (χ1) is 9.88. The van der Waals surface area contributed by atoms with Gasteiger partial charge in [-0.1, -0.05) is 37.6 Å². The zero-order chi connectivity index (χ0) is 13.8. The highest BCUT2D eigenvalue weighted by molar-refractivity contribution is 5.31. The number of H-pyrrole nitrogens is 1. The molecule has 0 spiro atoms. The molecule has 1 aliphatic rings. The van der Waals surface area contributed by atoms with Crippen molar-refractivity contribution in [2.75, 3.05) is 6.54 Å². The smallest absolute Gasteiger partial charge is 0.104 e. The predicted octanol–water partition coefficient (Wildman–Crippen LogP) is 3.16. The second kappa shape index (κ2) is 6.18. The second-order valence-corrected chi connectivity index (χ2v) is 5.58. The molecule has 1 unspecified atom stereocenters. The lowest BCUT2D eigenvalue weighted by molar-refractivity contribution is 0.419. The van der Waals surface area contributed by atoms with Crippen molar-refractivity contribution >= 4 is 0 Å². The van der Waals surface area contributed by atoms with Crippen LogP contribution in [0.4, 0.5) is 0 Å². The van der Waals surface area contributed by atoms with Crippen LogP contribution in [0.15, 0.2) is 30.5 Å². The summed E-state index contributed by atoms with van der Waals surface area (Å²) in [5.74, 6) is 0.790. The highest BCUT2D eigenvalue weighted by atomic mass is 15.3. The molecule has 1 saturated carbocycles. The quantitative estimate of drug-likeness (QED) is 0.847. The summed E-state index contributed by atoms with van der Waals surface area (Å²) < 4.78 is 0. The van der Waals surface area contributed by atoms with Gasteiger partial charge in [0, 0.05) is 0 Å².